The molecule has 2 aromatic rings. The van der Waals surface area contributed by atoms with Crippen LogP contribution in [0.25, 0.3) is 10.9 Å². The van der Waals surface area contributed by atoms with Crippen LogP contribution in [0.2, 0.25) is 5.02 Å². The summed E-state index contributed by atoms with van der Waals surface area (Å²) in [6.45, 7) is 3.56. The Balaban J connectivity index is 1.88. The molecule has 1 aliphatic heterocycles. The molecule has 1 aliphatic rings. The van der Waals surface area contributed by atoms with Gasteiger partial charge in [-0.05, 0) is 64.4 Å². The Morgan fingerprint density at radius 2 is 2.15 bits per heavy atom. The van der Waals surface area contributed by atoms with Crippen LogP contribution in [0.4, 0.5) is 0 Å². The first-order valence-corrected chi connectivity index (χ1v) is 9.92. The highest BCUT2D eigenvalue weighted by atomic mass is 35.5. The average molecular weight is 390 g/mol. The number of fused-ring (bicyclic) bond motifs is 1. The van der Waals surface area contributed by atoms with Crippen molar-refractivity contribution in [2.75, 3.05) is 33.8 Å². The normalized spacial score (nSPS) is 20.4. The number of aliphatic hydroxyl groups excluding tert-OH is 1. The topological polar surface area (TPSA) is 56.7 Å². The lowest BCUT2D eigenvalue weighted by Crippen LogP contribution is -2.50. The number of likely N-dealkylation sites (tertiary alicyclic amines) is 1. The molecule has 0 spiro atoms. The molecule has 6 heteroatoms. The van der Waals surface area contributed by atoms with Gasteiger partial charge >= 0.3 is 0 Å². The fraction of sp³-hybridized carbons (Fsp3) is 0.524. The summed E-state index contributed by atoms with van der Waals surface area (Å²) in [6.07, 6.45) is 2.64. The van der Waals surface area contributed by atoms with E-state index in [1.807, 2.05) is 30.0 Å². The summed E-state index contributed by atoms with van der Waals surface area (Å²) < 4.78 is 0. The zero-order valence-corrected chi connectivity index (χ0v) is 17.0. The minimum atomic E-state index is 0.0547. The predicted octanol–water partition coefficient (Wildman–Crippen LogP) is 3.36. The number of aryl methyl sites for hydroxylation is 1. The molecule has 1 amide bonds. The van der Waals surface area contributed by atoms with Crippen molar-refractivity contribution in [2.45, 2.75) is 32.2 Å². The second-order valence-corrected chi connectivity index (χ2v) is 8.11. The lowest BCUT2D eigenvalue weighted by molar-refractivity contribution is 0.0497. The standard InChI is InChI=1S/C21H28ClN3O2/c1-14-11-18(17-7-6-16(22)12-19(17)23-14)21(27)25-9-8-20(24(2)3)15(13-25)5-4-10-26/h6-7,11-12,15,20,26H,4-5,8-10,13H2,1-3H3/t15-,20+/m1/s1. The van der Waals surface area contributed by atoms with Crippen molar-refractivity contribution >= 4 is 28.4 Å². The first-order valence-electron chi connectivity index (χ1n) is 9.54. The third kappa shape index (κ3) is 4.42. The lowest BCUT2D eigenvalue weighted by Gasteiger charge is -2.41. The van der Waals surface area contributed by atoms with Gasteiger partial charge in [0.05, 0.1) is 11.1 Å². The number of amides is 1. The Hall–Kier alpha value is -1.69. The molecule has 2 atom stereocenters. The van der Waals surface area contributed by atoms with Crippen molar-refractivity contribution in [2.24, 2.45) is 5.92 Å². The fourth-order valence-corrected chi connectivity index (χ4v) is 4.37. The van der Waals surface area contributed by atoms with E-state index >= 15 is 0 Å². The van der Waals surface area contributed by atoms with Gasteiger partial charge in [0.1, 0.15) is 0 Å². The number of rotatable bonds is 5. The van der Waals surface area contributed by atoms with E-state index in [2.05, 4.69) is 24.0 Å². The number of benzene rings is 1. The van der Waals surface area contributed by atoms with Gasteiger partial charge in [0.15, 0.2) is 0 Å². The van der Waals surface area contributed by atoms with Crippen LogP contribution < -0.4 is 0 Å². The highest BCUT2D eigenvalue weighted by Crippen LogP contribution is 2.28. The molecule has 27 heavy (non-hydrogen) atoms. The summed E-state index contributed by atoms with van der Waals surface area (Å²) >= 11 is 6.10. The number of carbonyl (C=O) groups is 1. The first kappa shape index (κ1) is 20.1. The van der Waals surface area contributed by atoms with Gasteiger partial charge in [-0.25, -0.2) is 0 Å². The number of pyridine rings is 1. The summed E-state index contributed by atoms with van der Waals surface area (Å²) in [5.74, 6) is 0.424. The van der Waals surface area contributed by atoms with Gasteiger partial charge in [0.2, 0.25) is 0 Å². The molecule has 3 rings (SSSR count). The number of hydrogen-bond donors (Lipinski definition) is 1. The number of aromatic nitrogens is 1. The number of piperidine rings is 1. The molecule has 2 heterocycles. The second kappa shape index (κ2) is 8.55. The Labute approximate surface area is 165 Å². The van der Waals surface area contributed by atoms with Gasteiger partial charge in [-0.1, -0.05) is 17.7 Å². The number of aliphatic hydroxyl groups is 1. The SMILES string of the molecule is Cc1cc(C(=O)N2CC[C@H](N(C)C)[C@H](CCCO)C2)c2ccc(Cl)cc2n1. The van der Waals surface area contributed by atoms with Crippen LogP contribution in [-0.2, 0) is 0 Å². The smallest absolute Gasteiger partial charge is 0.254 e. The van der Waals surface area contributed by atoms with E-state index in [1.54, 1.807) is 6.07 Å². The van der Waals surface area contributed by atoms with Crippen LogP contribution in [0.1, 0.15) is 35.3 Å². The minimum absolute atomic E-state index is 0.0547. The van der Waals surface area contributed by atoms with Gasteiger partial charge in [-0.2, -0.15) is 0 Å². The summed E-state index contributed by atoms with van der Waals surface area (Å²) in [6, 6.07) is 7.81. The Morgan fingerprint density at radius 1 is 1.37 bits per heavy atom. The van der Waals surface area contributed by atoms with E-state index in [0.29, 0.717) is 22.5 Å². The van der Waals surface area contributed by atoms with Gasteiger partial charge in [0.25, 0.3) is 5.91 Å². The van der Waals surface area contributed by atoms with Crippen LogP contribution >= 0.6 is 11.6 Å². The molecule has 1 aromatic carbocycles. The predicted molar refractivity (Wildman–Crippen MR) is 109 cm³/mol. The molecule has 1 N–H and O–H groups in total. The number of hydrogen-bond acceptors (Lipinski definition) is 4. The van der Waals surface area contributed by atoms with Gasteiger partial charge < -0.3 is 14.9 Å². The summed E-state index contributed by atoms with van der Waals surface area (Å²) in [5, 5.41) is 10.7. The average Bonchev–Trinajstić information content (AvgIpc) is 2.64. The highest BCUT2D eigenvalue weighted by molar-refractivity contribution is 6.31. The maximum absolute atomic E-state index is 13.3. The maximum atomic E-state index is 13.3. The minimum Gasteiger partial charge on any atom is -0.396 e. The van der Waals surface area contributed by atoms with E-state index in [9.17, 15) is 9.90 Å². The quantitative estimate of drug-likeness (QED) is 0.851. The van der Waals surface area contributed by atoms with Crippen molar-refractivity contribution in [3.63, 3.8) is 0 Å². The van der Waals surface area contributed by atoms with E-state index in [1.165, 1.54) is 0 Å². The zero-order chi connectivity index (χ0) is 19.6. The molecular formula is C21H28ClN3O2. The third-order valence-electron chi connectivity index (χ3n) is 5.51. The molecule has 0 bridgehead atoms. The third-order valence-corrected chi connectivity index (χ3v) is 5.74. The van der Waals surface area contributed by atoms with Crippen LogP contribution in [0.3, 0.4) is 0 Å². The highest BCUT2D eigenvalue weighted by Gasteiger charge is 2.33. The van der Waals surface area contributed by atoms with Crippen LogP contribution in [-0.4, -0.2) is 65.6 Å². The summed E-state index contributed by atoms with van der Waals surface area (Å²) in [4.78, 5) is 22.1. The van der Waals surface area contributed by atoms with Gasteiger partial charge in [0, 0.05) is 41.8 Å². The largest absolute Gasteiger partial charge is 0.396 e. The van der Waals surface area contributed by atoms with Crippen molar-refractivity contribution < 1.29 is 9.90 Å². The Morgan fingerprint density at radius 3 is 2.85 bits per heavy atom. The first-order chi connectivity index (χ1) is 12.9. The monoisotopic (exact) mass is 389 g/mol. The van der Waals surface area contributed by atoms with Crippen molar-refractivity contribution in [1.82, 2.24) is 14.8 Å². The summed E-state index contributed by atoms with van der Waals surface area (Å²) in [7, 11) is 4.19. The molecule has 0 saturated carbocycles. The van der Waals surface area contributed by atoms with Crippen molar-refractivity contribution in [1.29, 1.82) is 0 Å². The van der Waals surface area contributed by atoms with Crippen LogP contribution in [0, 0.1) is 12.8 Å². The van der Waals surface area contributed by atoms with Crippen molar-refractivity contribution in [3.8, 4) is 0 Å². The van der Waals surface area contributed by atoms with Gasteiger partial charge in [-0.15, -0.1) is 0 Å². The molecule has 0 aliphatic carbocycles. The number of halogens is 1. The Bertz CT molecular complexity index is 819. The maximum Gasteiger partial charge on any atom is 0.254 e. The fourth-order valence-electron chi connectivity index (χ4n) is 4.20. The summed E-state index contributed by atoms with van der Waals surface area (Å²) in [5.41, 5.74) is 2.26. The number of carbonyl (C=O) groups excluding carboxylic acids is 1. The second-order valence-electron chi connectivity index (χ2n) is 7.67. The van der Waals surface area contributed by atoms with E-state index < -0.39 is 0 Å². The molecule has 0 radical (unpaired) electrons. The zero-order valence-electron chi connectivity index (χ0n) is 16.3. The van der Waals surface area contributed by atoms with Crippen LogP contribution in [0.5, 0.6) is 0 Å². The molecule has 146 valence electrons. The van der Waals surface area contributed by atoms with Crippen molar-refractivity contribution in [3.05, 3.63) is 40.5 Å². The number of nitrogens with zero attached hydrogens (tertiary/aromatic N) is 3. The lowest BCUT2D eigenvalue weighted by atomic mass is 9.87. The van der Waals surface area contributed by atoms with E-state index in [4.69, 9.17) is 11.6 Å². The molecular weight excluding hydrogens is 362 g/mol. The molecule has 0 unspecified atom stereocenters. The van der Waals surface area contributed by atoms with Gasteiger partial charge in [-0.3, -0.25) is 9.78 Å². The molecule has 1 fully saturated rings. The molecule has 1 aromatic heterocycles. The Kier molecular flexibility index (Phi) is 6.35. The van der Waals surface area contributed by atoms with E-state index in [-0.39, 0.29) is 12.5 Å². The van der Waals surface area contributed by atoms with Crippen LogP contribution in [0.15, 0.2) is 24.3 Å². The molecule has 1 saturated heterocycles. The molecule has 5 nitrogen and oxygen atoms in total. The van der Waals surface area contributed by atoms with E-state index in [0.717, 1.165) is 48.9 Å².